The lowest BCUT2D eigenvalue weighted by Gasteiger charge is -2.17. The van der Waals surface area contributed by atoms with Gasteiger partial charge >= 0.3 is 0 Å². The molecule has 6 nitrogen and oxygen atoms in total. The smallest absolute Gasteiger partial charge is 0.278 e. The van der Waals surface area contributed by atoms with Crippen LogP contribution in [0.4, 0.5) is 5.69 Å². The molecule has 1 aliphatic rings. The van der Waals surface area contributed by atoms with Crippen molar-refractivity contribution < 1.29 is 19.1 Å². The quantitative estimate of drug-likeness (QED) is 0.636. The first-order chi connectivity index (χ1) is 14.3. The van der Waals surface area contributed by atoms with Gasteiger partial charge in [0.25, 0.3) is 11.8 Å². The lowest BCUT2D eigenvalue weighted by Crippen LogP contribution is -2.35. The van der Waals surface area contributed by atoms with E-state index in [1.807, 2.05) is 26.8 Å². The van der Waals surface area contributed by atoms with Crippen LogP contribution >= 0.6 is 11.6 Å². The second-order valence-corrected chi connectivity index (χ2v) is 7.60. The van der Waals surface area contributed by atoms with Crippen LogP contribution in [0.15, 0.2) is 48.2 Å². The zero-order valence-electron chi connectivity index (χ0n) is 17.5. The van der Waals surface area contributed by atoms with Crippen LogP contribution in [0, 0.1) is 6.92 Å². The number of nitrogens with zero attached hydrogens (tertiary/aromatic N) is 1. The van der Waals surface area contributed by atoms with Gasteiger partial charge in [-0.25, -0.2) is 0 Å². The third-order valence-corrected chi connectivity index (χ3v) is 5.25. The molecule has 0 radical (unpaired) electrons. The van der Waals surface area contributed by atoms with Gasteiger partial charge in [0.05, 0.1) is 31.9 Å². The molecule has 30 heavy (non-hydrogen) atoms. The molecule has 7 heteroatoms. The number of carbonyl (C=O) groups is 2. The minimum atomic E-state index is -0.391. The Morgan fingerprint density at radius 3 is 2.40 bits per heavy atom. The van der Waals surface area contributed by atoms with Crippen molar-refractivity contribution in [2.45, 2.75) is 26.9 Å². The fraction of sp³-hybridized carbons (Fsp3) is 0.304. The topological polar surface area (TPSA) is 67.9 Å². The predicted molar refractivity (Wildman–Crippen MR) is 118 cm³/mol. The third kappa shape index (κ3) is 4.50. The summed E-state index contributed by atoms with van der Waals surface area (Å²) in [5.74, 6) is -0.0873. The maximum atomic E-state index is 13.2. The lowest BCUT2D eigenvalue weighted by atomic mass is 10.0. The van der Waals surface area contributed by atoms with Crippen LogP contribution in [0.2, 0.25) is 5.02 Å². The van der Waals surface area contributed by atoms with Gasteiger partial charge in [-0.2, -0.15) is 0 Å². The molecule has 1 aliphatic heterocycles. The van der Waals surface area contributed by atoms with Crippen molar-refractivity contribution in [1.29, 1.82) is 0 Å². The average Bonchev–Trinajstić information content (AvgIpc) is 2.95. The van der Waals surface area contributed by atoms with E-state index in [0.717, 1.165) is 5.56 Å². The fourth-order valence-corrected chi connectivity index (χ4v) is 3.35. The zero-order chi connectivity index (χ0) is 21.8. The van der Waals surface area contributed by atoms with Gasteiger partial charge in [-0.15, -0.1) is 0 Å². The number of rotatable bonds is 8. The van der Waals surface area contributed by atoms with E-state index >= 15 is 0 Å². The van der Waals surface area contributed by atoms with Crippen LogP contribution in [0.25, 0.3) is 5.57 Å². The van der Waals surface area contributed by atoms with E-state index in [1.165, 1.54) is 4.90 Å². The number of ether oxygens (including phenoxy) is 2. The molecule has 3 rings (SSSR count). The highest BCUT2D eigenvalue weighted by atomic mass is 35.5. The summed E-state index contributed by atoms with van der Waals surface area (Å²) < 4.78 is 10.7. The van der Waals surface area contributed by atoms with Crippen molar-refractivity contribution >= 4 is 34.7 Å². The Kier molecular flexibility index (Phi) is 6.80. The summed E-state index contributed by atoms with van der Waals surface area (Å²) >= 11 is 6.23. The Hall–Kier alpha value is -2.83. The second-order valence-electron chi connectivity index (χ2n) is 7.20. The molecule has 0 atom stereocenters. The van der Waals surface area contributed by atoms with Crippen molar-refractivity contribution in [3.05, 3.63) is 64.3 Å². The van der Waals surface area contributed by atoms with E-state index in [1.54, 1.807) is 43.5 Å². The largest absolute Gasteiger partial charge is 0.497 e. The normalized spacial score (nSPS) is 14.1. The highest BCUT2D eigenvalue weighted by Gasteiger charge is 2.39. The average molecular weight is 429 g/mol. The molecule has 0 saturated carbocycles. The van der Waals surface area contributed by atoms with Crippen molar-refractivity contribution in [2.75, 3.05) is 25.6 Å². The molecule has 2 amide bonds. The molecule has 0 bridgehead atoms. The summed E-state index contributed by atoms with van der Waals surface area (Å²) in [6.07, 6.45) is 0.0125. The Morgan fingerprint density at radius 1 is 1.07 bits per heavy atom. The van der Waals surface area contributed by atoms with Gasteiger partial charge < -0.3 is 14.8 Å². The summed E-state index contributed by atoms with van der Waals surface area (Å²) in [5.41, 5.74) is 2.63. The molecule has 2 aromatic rings. The van der Waals surface area contributed by atoms with Gasteiger partial charge in [0.15, 0.2) is 0 Å². The highest BCUT2D eigenvalue weighted by molar-refractivity contribution is 6.36. The number of imide groups is 1. The molecule has 0 unspecified atom stereocenters. The summed E-state index contributed by atoms with van der Waals surface area (Å²) in [5, 5.41) is 3.72. The van der Waals surface area contributed by atoms with Crippen LogP contribution in [-0.2, 0) is 14.3 Å². The Bertz CT molecular complexity index is 983. The lowest BCUT2D eigenvalue weighted by molar-refractivity contribution is -0.137. The molecule has 0 spiro atoms. The van der Waals surface area contributed by atoms with Crippen LogP contribution in [0.1, 0.15) is 25.0 Å². The van der Waals surface area contributed by atoms with Crippen molar-refractivity contribution in [1.82, 2.24) is 4.90 Å². The Balaban J connectivity index is 2.00. The number of amides is 2. The maximum absolute atomic E-state index is 13.2. The molecule has 0 saturated heterocycles. The second kappa shape index (κ2) is 9.32. The Labute approximate surface area is 181 Å². The van der Waals surface area contributed by atoms with Gasteiger partial charge in [0.1, 0.15) is 11.4 Å². The maximum Gasteiger partial charge on any atom is 0.278 e. The highest BCUT2D eigenvalue weighted by Crippen LogP contribution is 2.33. The van der Waals surface area contributed by atoms with Gasteiger partial charge in [-0.05, 0) is 56.2 Å². The molecule has 0 fully saturated rings. The van der Waals surface area contributed by atoms with Crippen LogP contribution in [0.3, 0.4) is 0 Å². The standard InChI is InChI=1S/C23H25ClN2O4/c1-14(2)30-13-12-26-22(27)20(16-8-10-17(29-4)11-9-16)21(23(26)28)25-19-7-5-6-18(24)15(19)3/h5-11,14,25H,12-13H2,1-4H3. The van der Waals surface area contributed by atoms with E-state index in [2.05, 4.69) is 5.32 Å². The van der Waals surface area contributed by atoms with Crippen LogP contribution < -0.4 is 10.1 Å². The predicted octanol–water partition coefficient (Wildman–Crippen LogP) is 4.27. The molecule has 0 aliphatic carbocycles. The first-order valence-electron chi connectivity index (χ1n) is 9.72. The summed E-state index contributed by atoms with van der Waals surface area (Å²) in [7, 11) is 1.57. The molecular weight excluding hydrogens is 404 g/mol. The monoisotopic (exact) mass is 428 g/mol. The molecule has 0 aromatic heterocycles. The van der Waals surface area contributed by atoms with E-state index < -0.39 is 5.91 Å². The summed E-state index contributed by atoms with van der Waals surface area (Å²) in [6.45, 7) is 6.12. The van der Waals surface area contributed by atoms with Gasteiger partial charge in [-0.1, -0.05) is 29.8 Å². The molecular formula is C23H25ClN2O4. The van der Waals surface area contributed by atoms with Crippen LogP contribution in [0.5, 0.6) is 5.75 Å². The van der Waals surface area contributed by atoms with Gasteiger partial charge in [-0.3, -0.25) is 14.5 Å². The van der Waals surface area contributed by atoms with Gasteiger partial charge in [0.2, 0.25) is 0 Å². The first kappa shape index (κ1) is 21.9. The van der Waals surface area contributed by atoms with Gasteiger partial charge in [0, 0.05) is 10.7 Å². The van der Waals surface area contributed by atoms with Crippen LogP contribution in [-0.4, -0.2) is 43.1 Å². The van der Waals surface area contributed by atoms with E-state index in [-0.39, 0.29) is 30.9 Å². The molecule has 158 valence electrons. The number of nitrogens with one attached hydrogen (secondary N) is 1. The number of hydrogen-bond donors (Lipinski definition) is 1. The van der Waals surface area contributed by atoms with E-state index in [0.29, 0.717) is 27.6 Å². The number of carbonyl (C=O) groups excluding carboxylic acids is 2. The summed E-state index contributed by atoms with van der Waals surface area (Å²) in [6, 6.07) is 12.4. The minimum absolute atomic E-state index is 0.0125. The number of methoxy groups -OCH3 is 1. The number of benzene rings is 2. The third-order valence-electron chi connectivity index (χ3n) is 4.84. The van der Waals surface area contributed by atoms with E-state index in [4.69, 9.17) is 21.1 Å². The van der Waals surface area contributed by atoms with E-state index in [9.17, 15) is 9.59 Å². The minimum Gasteiger partial charge on any atom is -0.497 e. The van der Waals surface area contributed by atoms with Crippen molar-refractivity contribution in [3.63, 3.8) is 0 Å². The number of hydrogen-bond acceptors (Lipinski definition) is 5. The first-order valence-corrected chi connectivity index (χ1v) is 10.1. The van der Waals surface area contributed by atoms with Crippen molar-refractivity contribution in [2.24, 2.45) is 0 Å². The fourth-order valence-electron chi connectivity index (χ4n) is 3.18. The Morgan fingerprint density at radius 2 is 1.77 bits per heavy atom. The number of anilines is 1. The SMILES string of the molecule is COc1ccc(C2=C(Nc3cccc(Cl)c3C)C(=O)N(CCOC(C)C)C2=O)cc1. The van der Waals surface area contributed by atoms with Crippen molar-refractivity contribution in [3.8, 4) is 5.75 Å². The summed E-state index contributed by atoms with van der Waals surface area (Å²) in [4.78, 5) is 27.6. The molecule has 1 N–H and O–H groups in total. The number of halogens is 1. The molecule has 2 aromatic carbocycles. The molecule has 1 heterocycles. The zero-order valence-corrected chi connectivity index (χ0v) is 18.2.